The number of fused-ring (bicyclic) bond motifs is 6. The van der Waals surface area contributed by atoms with Crippen LogP contribution in [0, 0.1) is 45.3 Å². The highest BCUT2D eigenvalue weighted by Gasteiger charge is 2.68. The largest absolute Gasteiger partial charge is 0.368 e. The lowest BCUT2D eigenvalue weighted by molar-refractivity contribution is -0.282. The Bertz CT molecular complexity index is 722. The van der Waals surface area contributed by atoms with E-state index in [1.807, 2.05) is 0 Å². The van der Waals surface area contributed by atoms with Crippen molar-refractivity contribution in [2.45, 2.75) is 144 Å². The highest BCUT2D eigenvalue weighted by Crippen LogP contribution is 2.72. The highest BCUT2D eigenvalue weighted by molar-refractivity contribution is 5.17. The molecule has 0 aromatic heterocycles. The molecule has 0 radical (unpaired) electrons. The summed E-state index contributed by atoms with van der Waals surface area (Å²) in [6.45, 7) is 20.8. The molecule has 1 nitrogen and oxygen atoms in total. The Morgan fingerprint density at radius 2 is 1.26 bits per heavy atom. The van der Waals surface area contributed by atoms with E-state index in [0.29, 0.717) is 21.7 Å². The number of hydrogen-bond acceptors (Lipinski definition) is 1. The predicted molar refractivity (Wildman–Crippen MR) is 131 cm³/mol. The monoisotopic (exact) mass is 428 g/mol. The normalized spacial score (nSPS) is 55.7. The summed E-state index contributed by atoms with van der Waals surface area (Å²) in [7, 11) is 0. The Morgan fingerprint density at radius 3 is 2.00 bits per heavy atom. The predicted octanol–water partition coefficient (Wildman–Crippen LogP) is 8.80. The zero-order valence-corrected chi connectivity index (χ0v) is 22.2. The van der Waals surface area contributed by atoms with Crippen molar-refractivity contribution >= 4 is 0 Å². The highest BCUT2D eigenvalue weighted by atomic mass is 16.5. The molecule has 4 saturated carbocycles. The molecule has 4 aliphatic carbocycles. The molecule has 8 atom stereocenters. The van der Waals surface area contributed by atoms with Gasteiger partial charge in [-0.2, -0.15) is 0 Å². The van der Waals surface area contributed by atoms with Crippen LogP contribution < -0.4 is 0 Å². The Morgan fingerprint density at radius 1 is 0.581 bits per heavy atom. The Labute approximate surface area is 193 Å². The Hall–Kier alpha value is -0.0400. The first-order chi connectivity index (χ1) is 14.3. The summed E-state index contributed by atoms with van der Waals surface area (Å²) in [6.07, 6.45) is 16.7. The van der Waals surface area contributed by atoms with Crippen LogP contribution in [-0.4, -0.2) is 11.2 Å². The third-order valence-corrected chi connectivity index (χ3v) is 13.1. The zero-order valence-electron chi connectivity index (χ0n) is 22.2. The fraction of sp³-hybridized carbons (Fsp3) is 1.00. The van der Waals surface area contributed by atoms with E-state index in [1.54, 1.807) is 0 Å². The second-order valence-electron chi connectivity index (χ2n) is 15.2. The Kier molecular flexibility index (Phi) is 4.96. The van der Waals surface area contributed by atoms with Crippen molar-refractivity contribution in [1.82, 2.24) is 0 Å². The molecule has 0 spiro atoms. The van der Waals surface area contributed by atoms with Crippen LogP contribution in [0.3, 0.4) is 0 Å². The van der Waals surface area contributed by atoms with Crippen LogP contribution >= 0.6 is 0 Å². The topological polar surface area (TPSA) is 9.23 Å². The van der Waals surface area contributed by atoms with Gasteiger partial charge in [0, 0.05) is 5.41 Å². The van der Waals surface area contributed by atoms with Gasteiger partial charge in [0.2, 0.25) is 0 Å². The second-order valence-corrected chi connectivity index (χ2v) is 15.2. The summed E-state index contributed by atoms with van der Waals surface area (Å²) in [6, 6.07) is 0. The van der Waals surface area contributed by atoms with Crippen molar-refractivity contribution in [2.75, 3.05) is 0 Å². The molecule has 0 N–H and O–H groups in total. The molecule has 5 fully saturated rings. The summed E-state index contributed by atoms with van der Waals surface area (Å²) >= 11 is 0. The third kappa shape index (κ3) is 2.96. The molecule has 0 aromatic carbocycles. The van der Waals surface area contributed by atoms with Crippen molar-refractivity contribution in [2.24, 2.45) is 45.3 Å². The maximum atomic E-state index is 7.60. The summed E-state index contributed by atoms with van der Waals surface area (Å²) in [4.78, 5) is 0. The lowest BCUT2D eigenvalue weighted by Crippen LogP contribution is -2.65. The van der Waals surface area contributed by atoms with Gasteiger partial charge >= 0.3 is 0 Å². The van der Waals surface area contributed by atoms with Crippen LogP contribution in [0.1, 0.15) is 132 Å². The first-order valence-electron chi connectivity index (χ1n) is 14.0. The van der Waals surface area contributed by atoms with Crippen LogP contribution in [0.2, 0.25) is 0 Å². The van der Waals surface area contributed by atoms with Gasteiger partial charge in [-0.15, -0.1) is 0 Å². The lowest BCUT2D eigenvalue weighted by Gasteiger charge is -2.68. The molecule has 5 rings (SSSR count). The molecule has 0 aromatic rings. The third-order valence-electron chi connectivity index (χ3n) is 13.1. The Balaban J connectivity index is 1.54. The molecule has 0 amide bonds. The average Bonchev–Trinajstić information content (AvgIpc) is 2.73. The fourth-order valence-electron chi connectivity index (χ4n) is 11.0. The summed E-state index contributed by atoms with van der Waals surface area (Å²) in [5.74, 6) is 3.43. The van der Waals surface area contributed by atoms with Crippen LogP contribution in [-0.2, 0) is 4.74 Å². The minimum absolute atomic E-state index is 0.0339. The van der Waals surface area contributed by atoms with Gasteiger partial charge in [0.15, 0.2) is 0 Å². The van der Waals surface area contributed by atoms with E-state index in [2.05, 4.69) is 55.4 Å². The molecular weight excluding hydrogens is 376 g/mol. The first kappa shape index (κ1) is 22.7. The van der Waals surface area contributed by atoms with E-state index in [1.165, 1.54) is 77.0 Å². The SMILES string of the molecule is CC1(C)CCC[C@H]2[C@H]1CC[C@@]1(C)O[C@]3(C)CC[C@H]4C(C)(C)CCC[C@]4(C)[C@@]3(C)CC[C@H]21. The maximum absolute atomic E-state index is 7.60. The van der Waals surface area contributed by atoms with Crippen LogP contribution in [0.25, 0.3) is 0 Å². The van der Waals surface area contributed by atoms with Gasteiger partial charge in [-0.05, 0) is 118 Å². The average molecular weight is 429 g/mol. The molecule has 0 unspecified atom stereocenters. The molecule has 178 valence electrons. The van der Waals surface area contributed by atoms with E-state index in [4.69, 9.17) is 4.74 Å². The second kappa shape index (κ2) is 6.76. The van der Waals surface area contributed by atoms with Crippen molar-refractivity contribution in [1.29, 1.82) is 0 Å². The van der Waals surface area contributed by atoms with Crippen molar-refractivity contribution in [3.05, 3.63) is 0 Å². The molecule has 0 bridgehead atoms. The van der Waals surface area contributed by atoms with Gasteiger partial charge in [-0.1, -0.05) is 54.4 Å². The molecule has 31 heavy (non-hydrogen) atoms. The van der Waals surface area contributed by atoms with Crippen LogP contribution in [0.15, 0.2) is 0 Å². The van der Waals surface area contributed by atoms with Crippen molar-refractivity contribution in [3.8, 4) is 0 Å². The fourth-order valence-corrected chi connectivity index (χ4v) is 11.0. The standard InChI is InChI=1S/C30H52O/c1-25(2)15-9-11-21-22(25)12-18-28(6)23(21)13-19-29(7)27(5)17-10-16-26(3,4)24(27)14-20-30(29,8)31-28/h21-24H,9-20H2,1-8H3/t21-,22+,23+,24-,27-,28+,29+,30+/m0/s1. The first-order valence-corrected chi connectivity index (χ1v) is 14.0. The van der Waals surface area contributed by atoms with Crippen LogP contribution in [0.4, 0.5) is 0 Å². The van der Waals surface area contributed by atoms with Gasteiger partial charge in [0.1, 0.15) is 0 Å². The van der Waals surface area contributed by atoms with Crippen LogP contribution in [0.5, 0.6) is 0 Å². The van der Waals surface area contributed by atoms with Gasteiger partial charge in [-0.25, -0.2) is 0 Å². The van der Waals surface area contributed by atoms with E-state index >= 15 is 0 Å². The van der Waals surface area contributed by atoms with E-state index in [0.717, 1.165) is 23.7 Å². The summed E-state index contributed by atoms with van der Waals surface area (Å²) < 4.78 is 7.60. The number of rotatable bonds is 0. The minimum atomic E-state index is 0.0339. The lowest BCUT2D eigenvalue weighted by atomic mass is 9.39. The van der Waals surface area contributed by atoms with E-state index in [9.17, 15) is 0 Å². The molecule has 1 saturated heterocycles. The summed E-state index contributed by atoms with van der Waals surface area (Å²) in [5, 5.41) is 0. The molecule has 1 heterocycles. The molecule has 1 aliphatic heterocycles. The van der Waals surface area contributed by atoms with Gasteiger partial charge < -0.3 is 4.74 Å². The summed E-state index contributed by atoms with van der Waals surface area (Å²) in [5.41, 5.74) is 1.85. The number of ether oxygens (including phenoxy) is 1. The van der Waals surface area contributed by atoms with Crippen molar-refractivity contribution in [3.63, 3.8) is 0 Å². The van der Waals surface area contributed by atoms with Gasteiger partial charge in [0.25, 0.3) is 0 Å². The maximum Gasteiger partial charge on any atom is 0.0720 e. The number of hydrogen-bond donors (Lipinski definition) is 0. The zero-order chi connectivity index (χ0) is 22.5. The molecule has 5 aliphatic rings. The van der Waals surface area contributed by atoms with E-state index in [-0.39, 0.29) is 11.2 Å². The quantitative estimate of drug-likeness (QED) is 0.374. The van der Waals surface area contributed by atoms with E-state index < -0.39 is 0 Å². The van der Waals surface area contributed by atoms with Crippen molar-refractivity contribution < 1.29 is 4.74 Å². The smallest absolute Gasteiger partial charge is 0.0720 e. The van der Waals surface area contributed by atoms with Gasteiger partial charge in [-0.3, -0.25) is 0 Å². The molecule has 1 heteroatoms. The van der Waals surface area contributed by atoms with Gasteiger partial charge in [0.05, 0.1) is 11.2 Å². The molecular formula is C30H52O. The minimum Gasteiger partial charge on any atom is -0.368 e.